The molecule has 0 spiro atoms. The van der Waals surface area contributed by atoms with Gasteiger partial charge >= 0.3 is 5.97 Å². The molecule has 2 atom stereocenters. The van der Waals surface area contributed by atoms with Gasteiger partial charge in [0.2, 0.25) is 11.6 Å². The van der Waals surface area contributed by atoms with Gasteiger partial charge in [-0.3, -0.25) is 0 Å². The molecule has 0 radical (unpaired) electrons. The second-order valence-electron chi connectivity index (χ2n) is 4.28. The van der Waals surface area contributed by atoms with Crippen LogP contribution in [0.25, 0.3) is 0 Å². The van der Waals surface area contributed by atoms with E-state index in [2.05, 4.69) is 9.97 Å². The van der Waals surface area contributed by atoms with Crippen molar-refractivity contribution in [2.24, 2.45) is 0 Å². The molecule has 1 aromatic rings. The molecule has 98 valence electrons. The number of carboxylic acids is 1. The standard InChI is InChI=1S/C12H16N2O4/c1-17-8-3-2-4-9(7-8)18-11-10(12(15)16)13-5-6-14-11/h5-6,8-9H,2-4,7H2,1H3,(H,15,16). The van der Waals surface area contributed by atoms with Gasteiger partial charge < -0.3 is 14.6 Å². The van der Waals surface area contributed by atoms with Crippen molar-refractivity contribution in [3.05, 3.63) is 18.1 Å². The van der Waals surface area contributed by atoms with Crippen LogP contribution in [0.15, 0.2) is 12.4 Å². The van der Waals surface area contributed by atoms with Gasteiger partial charge in [-0.1, -0.05) is 0 Å². The van der Waals surface area contributed by atoms with E-state index in [0.29, 0.717) is 0 Å². The van der Waals surface area contributed by atoms with Crippen molar-refractivity contribution in [1.82, 2.24) is 9.97 Å². The van der Waals surface area contributed by atoms with Crippen LogP contribution in [0.3, 0.4) is 0 Å². The zero-order valence-corrected chi connectivity index (χ0v) is 10.2. The van der Waals surface area contributed by atoms with E-state index in [4.69, 9.17) is 14.6 Å². The summed E-state index contributed by atoms with van der Waals surface area (Å²) in [6.45, 7) is 0. The summed E-state index contributed by atoms with van der Waals surface area (Å²) in [5.74, 6) is -1.04. The molecule has 1 heterocycles. The average molecular weight is 252 g/mol. The normalized spacial score (nSPS) is 23.6. The minimum absolute atomic E-state index is 0.0569. The molecular formula is C12H16N2O4. The number of carbonyl (C=O) groups is 1. The fourth-order valence-corrected chi connectivity index (χ4v) is 2.14. The average Bonchev–Trinajstić information content (AvgIpc) is 2.39. The molecular weight excluding hydrogens is 236 g/mol. The Bertz CT molecular complexity index is 424. The maximum absolute atomic E-state index is 11.0. The van der Waals surface area contributed by atoms with E-state index in [-0.39, 0.29) is 23.8 Å². The molecule has 0 aliphatic heterocycles. The second kappa shape index (κ2) is 5.77. The highest BCUT2D eigenvalue weighted by atomic mass is 16.5. The van der Waals surface area contributed by atoms with Crippen molar-refractivity contribution in [1.29, 1.82) is 0 Å². The van der Waals surface area contributed by atoms with Gasteiger partial charge in [-0.2, -0.15) is 0 Å². The fraction of sp³-hybridized carbons (Fsp3) is 0.583. The number of nitrogens with zero attached hydrogens (tertiary/aromatic N) is 2. The summed E-state index contributed by atoms with van der Waals surface area (Å²) < 4.78 is 10.9. The molecule has 18 heavy (non-hydrogen) atoms. The Labute approximate surface area is 105 Å². The van der Waals surface area contributed by atoms with Gasteiger partial charge in [0.1, 0.15) is 6.10 Å². The lowest BCUT2D eigenvalue weighted by Gasteiger charge is -2.28. The van der Waals surface area contributed by atoms with E-state index < -0.39 is 5.97 Å². The summed E-state index contributed by atoms with van der Waals surface area (Å²) >= 11 is 0. The number of ether oxygens (including phenoxy) is 2. The monoisotopic (exact) mass is 252 g/mol. The van der Waals surface area contributed by atoms with E-state index in [1.807, 2.05) is 0 Å². The molecule has 0 bridgehead atoms. The predicted octanol–water partition coefficient (Wildman–Crippen LogP) is 1.51. The molecule has 0 amide bonds. The van der Waals surface area contributed by atoms with Crippen LogP contribution in [0.1, 0.15) is 36.2 Å². The summed E-state index contributed by atoms with van der Waals surface area (Å²) in [5, 5.41) is 8.99. The molecule has 1 N–H and O–H groups in total. The van der Waals surface area contributed by atoms with Crippen LogP contribution in [0.2, 0.25) is 0 Å². The topological polar surface area (TPSA) is 81.5 Å². The van der Waals surface area contributed by atoms with Crippen molar-refractivity contribution in [3.63, 3.8) is 0 Å². The van der Waals surface area contributed by atoms with Gasteiger partial charge in [-0.05, 0) is 19.3 Å². The van der Waals surface area contributed by atoms with Crippen LogP contribution in [0.5, 0.6) is 5.88 Å². The lowest BCUT2D eigenvalue weighted by atomic mass is 9.95. The molecule has 1 aromatic heterocycles. The van der Waals surface area contributed by atoms with Gasteiger partial charge in [0.15, 0.2) is 0 Å². The fourth-order valence-electron chi connectivity index (χ4n) is 2.14. The highest BCUT2D eigenvalue weighted by Crippen LogP contribution is 2.25. The van der Waals surface area contributed by atoms with Crippen molar-refractivity contribution in [2.45, 2.75) is 37.9 Å². The third kappa shape index (κ3) is 2.95. The minimum Gasteiger partial charge on any atom is -0.476 e. The summed E-state index contributed by atoms with van der Waals surface area (Å²) in [7, 11) is 1.68. The van der Waals surface area contributed by atoms with Crippen molar-refractivity contribution >= 4 is 5.97 Å². The molecule has 6 heteroatoms. The first-order valence-electron chi connectivity index (χ1n) is 5.94. The van der Waals surface area contributed by atoms with E-state index in [9.17, 15) is 4.79 Å². The summed E-state index contributed by atoms with van der Waals surface area (Å²) in [4.78, 5) is 18.7. The summed E-state index contributed by atoms with van der Waals surface area (Å²) in [6, 6.07) is 0. The van der Waals surface area contributed by atoms with Crippen LogP contribution < -0.4 is 4.74 Å². The molecule has 1 aliphatic carbocycles. The number of hydrogen-bond donors (Lipinski definition) is 1. The number of carboxylic acid groups (broad SMARTS) is 1. The molecule has 6 nitrogen and oxygen atoms in total. The SMILES string of the molecule is COC1CCCC(Oc2nccnc2C(=O)O)C1. The molecule has 1 fully saturated rings. The lowest BCUT2D eigenvalue weighted by Crippen LogP contribution is -2.30. The summed E-state index contributed by atoms with van der Waals surface area (Å²) in [6.07, 6.45) is 6.55. The van der Waals surface area contributed by atoms with Gasteiger partial charge in [-0.15, -0.1) is 0 Å². The zero-order chi connectivity index (χ0) is 13.0. The van der Waals surface area contributed by atoms with E-state index in [1.54, 1.807) is 7.11 Å². The molecule has 1 aliphatic rings. The van der Waals surface area contributed by atoms with E-state index >= 15 is 0 Å². The van der Waals surface area contributed by atoms with Gasteiger partial charge in [0.05, 0.1) is 6.10 Å². The third-order valence-electron chi connectivity index (χ3n) is 3.06. The Kier molecular flexibility index (Phi) is 4.09. The molecule has 0 aromatic carbocycles. The van der Waals surface area contributed by atoms with Gasteiger partial charge in [0, 0.05) is 25.9 Å². The number of aromatic carboxylic acids is 1. The Morgan fingerprint density at radius 2 is 2.06 bits per heavy atom. The number of aromatic nitrogens is 2. The first-order valence-corrected chi connectivity index (χ1v) is 5.94. The number of hydrogen-bond acceptors (Lipinski definition) is 5. The maximum atomic E-state index is 11.0. The lowest BCUT2D eigenvalue weighted by molar-refractivity contribution is 0.0187. The Balaban J connectivity index is 2.07. The first-order chi connectivity index (χ1) is 8.70. The Hall–Kier alpha value is -1.69. The van der Waals surface area contributed by atoms with Crippen molar-refractivity contribution in [3.8, 4) is 5.88 Å². The third-order valence-corrected chi connectivity index (χ3v) is 3.06. The van der Waals surface area contributed by atoms with Gasteiger partial charge in [-0.25, -0.2) is 14.8 Å². The molecule has 2 unspecified atom stereocenters. The van der Waals surface area contributed by atoms with E-state index in [0.717, 1.165) is 25.7 Å². The minimum atomic E-state index is -1.13. The van der Waals surface area contributed by atoms with Crippen LogP contribution in [0.4, 0.5) is 0 Å². The predicted molar refractivity (Wildman–Crippen MR) is 62.7 cm³/mol. The molecule has 0 saturated heterocycles. The van der Waals surface area contributed by atoms with Crippen molar-refractivity contribution in [2.75, 3.05) is 7.11 Å². The number of methoxy groups -OCH3 is 1. The Morgan fingerprint density at radius 3 is 2.78 bits per heavy atom. The van der Waals surface area contributed by atoms with E-state index in [1.165, 1.54) is 12.4 Å². The second-order valence-corrected chi connectivity index (χ2v) is 4.28. The van der Waals surface area contributed by atoms with Crippen LogP contribution in [0, 0.1) is 0 Å². The van der Waals surface area contributed by atoms with Crippen molar-refractivity contribution < 1.29 is 19.4 Å². The largest absolute Gasteiger partial charge is 0.476 e. The summed E-state index contributed by atoms with van der Waals surface area (Å²) in [5.41, 5.74) is -0.142. The maximum Gasteiger partial charge on any atom is 0.360 e. The smallest absolute Gasteiger partial charge is 0.360 e. The zero-order valence-electron chi connectivity index (χ0n) is 10.2. The molecule has 2 rings (SSSR count). The first kappa shape index (κ1) is 12.8. The quantitative estimate of drug-likeness (QED) is 0.874. The Morgan fingerprint density at radius 1 is 1.33 bits per heavy atom. The van der Waals surface area contributed by atoms with Crippen LogP contribution in [-0.4, -0.2) is 40.4 Å². The number of rotatable bonds is 4. The highest BCUT2D eigenvalue weighted by molar-refractivity contribution is 5.87. The van der Waals surface area contributed by atoms with Gasteiger partial charge in [0.25, 0.3) is 0 Å². The van der Waals surface area contributed by atoms with Crippen LogP contribution in [-0.2, 0) is 4.74 Å². The highest BCUT2D eigenvalue weighted by Gasteiger charge is 2.25. The molecule has 1 saturated carbocycles. The van der Waals surface area contributed by atoms with Crippen LogP contribution >= 0.6 is 0 Å².